The van der Waals surface area contributed by atoms with Gasteiger partial charge in [0.1, 0.15) is 29.0 Å². The van der Waals surface area contributed by atoms with Crippen LogP contribution in [0.4, 0.5) is 0 Å². The molecular formula is C22H23ClN4O4. The first-order valence-electron chi connectivity index (χ1n) is 9.92. The first-order chi connectivity index (χ1) is 14.8. The molecule has 1 N–H and O–H groups in total. The molecule has 3 aromatic heterocycles. The van der Waals surface area contributed by atoms with Gasteiger partial charge < -0.3 is 23.5 Å². The van der Waals surface area contributed by atoms with E-state index in [-0.39, 0.29) is 12.4 Å². The van der Waals surface area contributed by atoms with E-state index in [0.717, 1.165) is 38.4 Å². The second-order valence-electron chi connectivity index (χ2n) is 7.17. The van der Waals surface area contributed by atoms with Crippen LogP contribution in [0.2, 0.25) is 0 Å². The van der Waals surface area contributed by atoms with Gasteiger partial charge in [-0.3, -0.25) is 4.90 Å². The Kier molecular flexibility index (Phi) is 6.41. The van der Waals surface area contributed by atoms with E-state index >= 15 is 0 Å². The molecule has 1 aliphatic rings. The van der Waals surface area contributed by atoms with E-state index in [1.54, 1.807) is 12.4 Å². The Morgan fingerprint density at radius 3 is 2.84 bits per heavy atom. The van der Waals surface area contributed by atoms with Gasteiger partial charge in [0, 0.05) is 37.4 Å². The van der Waals surface area contributed by atoms with Crippen molar-refractivity contribution in [3.05, 3.63) is 60.3 Å². The minimum absolute atomic E-state index is 0. The number of hydrogen-bond donors (Lipinski definition) is 1. The van der Waals surface area contributed by atoms with Gasteiger partial charge in [-0.2, -0.15) is 0 Å². The first-order valence-corrected chi connectivity index (χ1v) is 9.92. The second-order valence-corrected chi connectivity index (χ2v) is 7.17. The lowest BCUT2D eigenvalue weighted by Crippen LogP contribution is -2.38. The van der Waals surface area contributed by atoms with Crippen LogP contribution in [0.5, 0.6) is 5.75 Å². The van der Waals surface area contributed by atoms with Crippen LogP contribution < -0.4 is 10.1 Å². The number of halogens is 1. The fourth-order valence-electron chi connectivity index (χ4n) is 3.64. The summed E-state index contributed by atoms with van der Waals surface area (Å²) < 4.78 is 19.2. The summed E-state index contributed by atoms with van der Waals surface area (Å²) in [4.78, 5) is 6.76. The molecule has 1 saturated heterocycles. The quantitative estimate of drug-likeness (QED) is 0.377. The topological polar surface area (TPSA) is 84.7 Å². The lowest BCUT2D eigenvalue weighted by molar-refractivity contribution is 0.0322. The zero-order chi connectivity index (χ0) is 20.3. The van der Waals surface area contributed by atoms with E-state index < -0.39 is 0 Å². The predicted octanol–water partition coefficient (Wildman–Crippen LogP) is 3.17. The monoisotopic (exact) mass is 442 g/mol. The first kappa shape index (κ1) is 21.2. The summed E-state index contributed by atoms with van der Waals surface area (Å²) in [5.74, 6) is 1.23. The Bertz CT molecular complexity index is 1250. The maximum atomic E-state index is 9.58. The maximum absolute atomic E-state index is 9.58. The number of fused-ring (bicyclic) bond motifs is 2. The minimum Gasteiger partial charge on any atom is -0.492 e. The van der Waals surface area contributed by atoms with Gasteiger partial charge in [-0.1, -0.05) is 5.16 Å². The molecule has 0 saturated carbocycles. The van der Waals surface area contributed by atoms with Crippen LogP contribution in [0.15, 0.2) is 64.6 Å². The minimum atomic E-state index is 0. The van der Waals surface area contributed by atoms with Crippen molar-refractivity contribution >= 4 is 28.9 Å². The third kappa shape index (κ3) is 4.51. The largest absolute Gasteiger partial charge is 0.492 e. The zero-order valence-electron chi connectivity index (χ0n) is 16.8. The third-order valence-electron chi connectivity index (χ3n) is 5.27. The summed E-state index contributed by atoms with van der Waals surface area (Å²) >= 11 is 0. The lowest BCUT2D eigenvalue weighted by atomic mass is 10.2. The highest BCUT2D eigenvalue weighted by Crippen LogP contribution is 2.24. The normalized spacial score (nSPS) is 15.3. The van der Waals surface area contributed by atoms with Gasteiger partial charge in [0.2, 0.25) is 0 Å². The second kappa shape index (κ2) is 9.38. The molecule has 9 heteroatoms. The fourth-order valence-corrected chi connectivity index (χ4v) is 3.64. The van der Waals surface area contributed by atoms with Crippen molar-refractivity contribution in [1.82, 2.24) is 14.3 Å². The smallest absolute Gasteiger partial charge is 0.155 e. The van der Waals surface area contributed by atoms with Crippen molar-refractivity contribution in [2.45, 2.75) is 0 Å². The van der Waals surface area contributed by atoms with Crippen molar-refractivity contribution in [3.8, 4) is 17.2 Å². The molecule has 1 fully saturated rings. The number of ether oxygens (including phenoxy) is 2. The Hall–Kier alpha value is -3.07. The highest BCUT2D eigenvalue weighted by atomic mass is 35.5. The fraction of sp³-hybridized carbons (Fsp3) is 0.273. The molecular weight excluding hydrogens is 420 g/mol. The van der Waals surface area contributed by atoms with E-state index in [1.165, 1.54) is 0 Å². The molecule has 1 aromatic carbocycles. The molecule has 0 radical (unpaired) electrons. The molecule has 5 rings (SSSR count). The summed E-state index contributed by atoms with van der Waals surface area (Å²) in [7, 11) is 0. The average Bonchev–Trinajstić information content (AvgIpc) is 3.27. The van der Waals surface area contributed by atoms with E-state index in [1.807, 2.05) is 47.0 Å². The van der Waals surface area contributed by atoms with Gasteiger partial charge in [0.15, 0.2) is 5.76 Å². The molecule has 0 amide bonds. The molecule has 4 aromatic rings. The lowest BCUT2D eigenvalue weighted by Gasteiger charge is -2.26. The number of aromatic nitrogens is 2. The summed E-state index contributed by atoms with van der Waals surface area (Å²) in [5, 5.41) is 14.1. The van der Waals surface area contributed by atoms with Crippen LogP contribution in [0.1, 0.15) is 0 Å². The van der Waals surface area contributed by atoms with Crippen LogP contribution in [0.25, 0.3) is 27.9 Å². The van der Waals surface area contributed by atoms with E-state index in [4.69, 9.17) is 13.9 Å². The molecule has 31 heavy (non-hydrogen) atoms. The molecule has 0 spiro atoms. The number of nitrogens with zero attached hydrogens (tertiary/aromatic N) is 4. The Balaban J connectivity index is 0.00000231. The van der Waals surface area contributed by atoms with Gasteiger partial charge in [0.05, 0.1) is 24.9 Å². The summed E-state index contributed by atoms with van der Waals surface area (Å²) in [5.41, 5.74) is 2.26. The Morgan fingerprint density at radius 2 is 2.00 bits per heavy atom. The molecule has 0 aliphatic carbocycles. The Morgan fingerprint density at radius 1 is 1.13 bits per heavy atom. The van der Waals surface area contributed by atoms with Gasteiger partial charge in [-0.05, 0) is 36.4 Å². The molecule has 0 bridgehead atoms. The molecule has 4 heterocycles. The van der Waals surface area contributed by atoms with Gasteiger partial charge >= 0.3 is 0 Å². The van der Waals surface area contributed by atoms with Crippen LogP contribution in [-0.2, 0) is 4.74 Å². The third-order valence-corrected chi connectivity index (χ3v) is 5.27. The number of rotatable bonds is 5. The van der Waals surface area contributed by atoms with E-state index in [9.17, 15) is 5.21 Å². The number of benzene rings is 1. The molecule has 0 unspecified atom stereocenters. The van der Waals surface area contributed by atoms with Crippen molar-refractivity contribution in [3.63, 3.8) is 0 Å². The van der Waals surface area contributed by atoms with Gasteiger partial charge in [-0.15, -0.1) is 12.4 Å². The number of morpholine rings is 1. The van der Waals surface area contributed by atoms with Gasteiger partial charge in [-0.25, -0.2) is 4.98 Å². The zero-order valence-corrected chi connectivity index (χ0v) is 17.6. The van der Waals surface area contributed by atoms with Crippen molar-refractivity contribution in [2.24, 2.45) is 5.16 Å². The molecule has 8 nitrogen and oxygen atoms in total. The van der Waals surface area contributed by atoms with Gasteiger partial charge in [0.25, 0.3) is 0 Å². The van der Waals surface area contributed by atoms with E-state index in [2.05, 4.69) is 15.0 Å². The van der Waals surface area contributed by atoms with E-state index in [0.29, 0.717) is 40.1 Å². The molecule has 1 aliphatic heterocycles. The highest BCUT2D eigenvalue weighted by molar-refractivity contribution is 5.85. The SMILES string of the molecule is Cl.O/N=c1/cc(-c2cc3cccn3cn2)oc2ccc(OCCN3CCOCC3)cc12. The van der Waals surface area contributed by atoms with Crippen molar-refractivity contribution in [2.75, 3.05) is 39.5 Å². The molecule has 0 atom stereocenters. The predicted molar refractivity (Wildman–Crippen MR) is 118 cm³/mol. The van der Waals surface area contributed by atoms with Crippen molar-refractivity contribution < 1.29 is 19.1 Å². The van der Waals surface area contributed by atoms with Crippen LogP contribution >= 0.6 is 12.4 Å². The standard InChI is InChI=1S/C22H22N4O4.ClH/c27-24-19-14-22(20-12-16-2-1-5-26(16)15-23-20)30-21-4-3-17(13-18(19)21)29-11-8-25-6-9-28-10-7-25;/h1-5,12-15,27H,6-11H2;1H/b24-19-;. The van der Waals surface area contributed by atoms with Crippen LogP contribution in [-0.4, -0.2) is 58.9 Å². The van der Waals surface area contributed by atoms with Crippen LogP contribution in [0.3, 0.4) is 0 Å². The summed E-state index contributed by atoms with van der Waals surface area (Å²) in [6.07, 6.45) is 3.66. The summed E-state index contributed by atoms with van der Waals surface area (Å²) in [6, 6.07) is 13.1. The van der Waals surface area contributed by atoms with Crippen molar-refractivity contribution in [1.29, 1.82) is 0 Å². The Labute approximate surface area is 184 Å². The number of hydrogen-bond acceptors (Lipinski definition) is 7. The van der Waals surface area contributed by atoms with Crippen LogP contribution in [0, 0.1) is 0 Å². The highest BCUT2D eigenvalue weighted by Gasteiger charge is 2.12. The summed E-state index contributed by atoms with van der Waals surface area (Å²) in [6.45, 7) is 4.82. The maximum Gasteiger partial charge on any atom is 0.155 e. The molecule has 162 valence electrons. The average molecular weight is 443 g/mol.